The Morgan fingerprint density at radius 1 is 1.02 bits per heavy atom. The van der Waals surface area contributed by atoms with E-state index >= 15 is 0 Å². The van der Waals surface area contributed by atoms with Gasteiger partial charge in [-0.3, -0.25) is 4.79 Å². The third-order valence-electron chi connectivity index (χ3n) is 7.33. The van der Waals surface area contributed by atoms with Crippen molar-refractivity contribution in [3.63, 3.8) is 0 Å². The summed E-state index contributed by atoms with van der Waals surface area (Å²) < 4.78 is 17.2. The van der Waals surface area contributed by atoms with Gasteiger partial charge in [-0.2, -0.15) is 0 Å². The fraction of sp³-hybridized carbons (Fsp3) is 0.400. The van der Waals surface area contributed by atoms with Gasteiger partial charge in [-0.1, -0.05) is 23.7 Å². The molecule has 0 unspecified atom stereocenters. The molecule has 230 valence electrons. The van der Waals surface area contributed by atoms with E-state index in [0.29, 0.717) is 45.6 Å². The minimum Gasteiger partial charge on any atom is -0.491 e. The van der Waals surface area contributed by atoms with Crippen molar-refractivity contribution in [2.75, 3.05) is 49.8 Å². The zero-order chi connectivity index (χ0) is 31.3. The number of nitrogens with one attached hydrogen (secondary N) is 3. The zero-order valence-electron chi connectivity index (χ0n) is 25.1. The van der Waals surface area contributed by atoms with Gasteiger partial charge in [0.15, 0.2) is 5.76 Å². The molecule has 13 heteroatoms. The molecule has 2 aromatic carbocycles. The van der Waals surface area contributed by atoms with E-state index in [1.54, 1.807) is 80.3 Å². The average Bonchev–Trinajstić information content (AvgIpc) is 3.29. The van der Waals surface area contributed by atoms with E-state index in [2.05, 4.69) is 21.1 Å². The highest BCUT2D eigenvalue weighted by Gasteiger charge is 2.31. The number of hydrogen-bond acceptors (Lipinski definition) is 7. The summed E-state index contributed by atoms with van der Waals surface area (Å²) in [7, 11) is 3.28. The molecular weight excluding hydrogens is 576 g/mol. The van der Waals surface area contributed by atoms with Gasteiger partial charge in [-0.05, 0) is 57.2 Å². The lowest BCUT2D eigenvalue weighted by Gasteiger charge is -2.36. The molecule has 43 heavy (non-hydrogen) atoms. The zero-order valence-corrected chi connectivity index (χ0v) is 25.8. The SMILES string of the molecule is CO[C@@H]1CN(C)C(=O)c2ccc(NC(=O)Nc3ccc(Cl)cc3)cc2OC[C@H](C)N(C(=O)Nc2c(C)noc2C)C[C@H]1C. The van der Waals surface area contributed by atoms with Gasteiger partial charge in [-0.15, -0.1) is 0 Å². The van der Waals surface area contributed by atoms with E-state index in [1.165, 1.54) is 0 Å². The number of aromatic nitrogens is 1. The van der Waals surface area contributed by atoms with Crippen LogP contribution >= 0.6 is 11.6 Å². The number of ether oxygens (including phenoxy) is 2. The number of amides is 5. The molecule has 0 saturated carbocycles. The number of rotatable bonds is 4. The molecule has 4 rings (SSSR count). The minimum absolute atomic E-state index is 0.0732. The summed E-state index contributed by atoms with van der Waals surface area (Å²) in [6.45, 7) is 8.01. The van der Waals surface area contributed by atoms with Gasteiger partial charge in [0.25, 0.3) is 5.91 Å². The molecule has 2 heterocycles. The van der Waals surface area contributed by atoms with Gasteiger partial charge in [0.2, 0.25) is 0 Å². The first-order valence-corrected chi connectivity index (χ1v) is 14.2. The molecule has 0 bridgehead atoms. The van der Waals surface area contributed by atoms with Gasteiger partial charge >= 0.3 is 12.1 Å². The van der Waals surface area contributed by atoms with Crippen molar-refractivity contribution < 1.29 is 28.4 Å². The number of hydrogen-bond donors (Lipinski definition) is 3. The number of methoxy groups -OCH3 is 1. The Morgan fingerprint density at radius 3 is 2.35 bits per heavy atom. The monoisotopic (exact) mass is 612 g/mol. The maximum Gasteiger partial charge on any atom is 0.323 e. The maximum absolute atomic E-state index is 13.6. The number of fused-ring (bicyclic) bond motifs is 1. The van der Waals surface area contributed by atoms with Gasteiger partial charge in [0.1, 0.15) is 23.7 Å². The predicted octanol–water partition coefficient (Wildman–Crippen LogP) is 5.63. The van der Waals surface area contributed by atoms with Crippen LogP contribution in [0.5, 0.6) is 5.75 Å². The highest BCUT2D eigenvalue weighted by molar-refractivity contribution is 6.30. The van der Waals surface area contributed by atoms with Crippen LogP contribution in [0.3, 0.4) is 0 Å². The second kappa shape index (κ2) is 13.8. The van der Waals surface area contributed by atoms with Crippen molar-refractivity contribution in [1.29, 1.82) is 0 Å². The second-order valence-corrected chi connectivity index (χ2v) is 11.1. The number of halogens is 1. The highest BCUT2D eigenvalue weighted by Crippen LogP contribution is 2.28. The largest absolute Gasteiger partial charge is 0.491 e. The quantitative estimate of drug-likeness (QED) is 0.347. The summed E-state index contributed by atoms with van der Waals surface area (Å²) in [6, 6.07) is 10.3. The summed E-state index contributed by atoms with van der Waals surface area (Å²) in [6.07, 6.45) is -0.350. The van der Waals surface area contributed by atoms with Crippen LogP contribution in [0.2, 0.25) is 5.02 Å². The second-order valence-electron chi connectivity index (χ2n) is 10.7. The Morgan fingerprint density at radius 2 is 1.70 bits per heavy atom. The van der Waals surface area contributed by atoms with E-state index in [9.17, 15) is 14.4 Å². The number of urea groups is 2. The third kappa shape index (κ3) is 7.76. The standard InChI is InChI=1S/C30H37ClN6O6/c1-17-14-37(30(40)34-27-19(3)35-43-20(27)4)18(2)16-42-25-13-23(33-29(39)32-22-9-7-21(31)8-10-22)11-12-24(25)28(38)36(5)15-26(17)41-6/h7-13,17-18,26H,14-16H2,1-6H3,(H,34,40)(H2,32,33,39)/t17-,18+,26-/m1/s1. The minimum atomic E-state index is -0.480. The van der Waals surface area contributed by atoms with Crippen LogP contribution in [-0.4, -0.2) is 78.9 Å². The van der Waals surface area contributed by atoms with Crippen LogP contribution in [0, 0.1) is 19.8 Å². The number of aryl methyl sites for hydroxylation is 2. The molecule has 5 amide bonds. The molecule has 3 atom stereocenters. The highest BCUT2D eigenvalue weighted by atomic mass is 35.5. The summed E-state index contributed by atoms with van der Waals surface area (Å²) >= 11 is 5.93. The van der Waals surface area contributed by atoms with E-state index in [4.69, 9.17) is 25.6 Å². The summed E-state index contributed by atoms with van der Waals surface area (Å²) in [5.41, 5.74) is 2.38. The number of anilines is 3. The van der Waals surface area contributed by atoms with E-state index in [1.807, 2.05) is 13.8 Å². The lowest BCUT2D eigenvalue weighted by Crippen LogP contribution is -2.50. The van der Waals surface area contributed by atoms with Crippen molar-refractivity contribution in [3.05, 3.63) is 64.5 Å². The Balaban J connectivity index is 1.60. The first-order valence-electron chi connectivity index (χ1n) is 13.9. The molecule has 0 spiro atoms. The molecule has 3 N–H and O–H groups in total. The molecule has 0 radical (unpaired) electrons. The molecular formula is C30H37ClN6O6. The fourth-order valence-electron chi connectivity index (χ4n) is 4.80. The third-order valence-corrected chi connectivity index (χ3v) is 7.58. The van der Waals surface area contributed by atoms with Crippen LogP contribution in [0.1, 0.15) is 35.7 Å². The molecule has 0 aliphatic carbocycles. The van der Waals surface area contributed by atoms with Crippen LogP contribution in [0.4, 0.5) is 26.7 Å². The molecule has 1 aliphatic heterocycles. The Bertz CT molecular complexity index is 1440. The number of benzene rings is 2. The van der Waals surface area contributed by atoms with Crippen LogP contribution in [0.15, 0.2) is 47.0 Å². The van der Waals surface area contributed by atoms with E-state index < -0.39 is 12.1 Å². The molecule has 12 nitrogen and oxygen atoms in total. The first kappa shape index (κ1) is 31.6. The Hall–Kier alpha value is -4.29. The van der Waals surface area contributed by atoms with E-state index in [-0.39, 0.29) is 42.9 Å². The summed E-state index contributed by atoms with van der Waals surface area (Å²) in [4.78, 5) is 43.0. The van der Waals surface area contributed by atoms with Crippen molar-refractivity contribution in [2.24, 2.45) is 5.92 Å². The van der Waals surface area contributed by atoms with E-state index in [0.717, 1.165) is 0 Å². The summed E-state index contributed by atoms with van der Waals surface area (Å²) in [5.74, 6) is 0.383. The Labute approximate surface area is 255 Å². The topological polar surface area (TPSA) is 138 Å². The summed E-state index contributed by atoms with van der Waals surface area (Å²) in [5, 5.41) is 12.9. The maximum atomic E-state index is 13.6. The van der Waals surface area contributed by atoms with Gasteiger partial charge < -0.3 is 39.7 Å². The normalized spacial score (nSPS) is 19.4. The average molecular weight is 613 g/mol. The lowest BCUT2D eigenvalue weighted by atomic mass is 10.0. The molecule has 1 aliphatic rings. The number of carbonyl (C=O) groups excluding carboxylic acids is 3. The number of carbonyl (C=O) groups is 3. The lowest BCUT2D eigenvalue weighted by molar-refractivity contribution is 0.0174. The van der Waals surface area contributed by atoms with Gasteiger partial charge in [0.05, 0.1) is 17.7 Å². The first-order chi connectivity index (χ1) is 20.5. The van der Waals surface area contributed by atoms with Gasteiger partial charge in [-0.25, -0.2) is 9.59 Å². The van der Waals surface area contributed by atoms with Gasteiger partial charge in [0, 0.05) is 55.6 Å². The van der Waals surface area contributed by atoms with Crippen LogP contribution < -0.4 is 20.7 Å². The van der Waals surface area contributed by atoms with Crippen molar-refractivity contribution >= 4 is 46.6 Å². The smallest absolute Gasteiger partial charge is 0.323 e. The number of likely N-dealkylation sites (N-methyl/N-ethyl adjacent to an activating group) is 1. The predicted molar refractivity (Wildman–Crippen MR) is 164 cm³/mol. The molecule has 0 saturated heterocycles. The molecule has 1 aromatic heterocycles. The molecule has 0 fully saturated rings. The van der Waals surface area contributed by atoms with Crippen LogP contribution in [0.25, 0.3) is 0 Å². The molecule has 3 aromatic rings. The Kier molecular flexibility index (Phi) is 10.1. The van der Waals surface area contributed by atoms with Crippen molar-refractivity contribution in [1.82, 2.24) is 15.0 Å². The van der Waals surface area contributed by atoms with Crippen molar-refractivity contribution in [3.8, 4) is 5.75 Å². The van der Waals surface area contributed by atoms with Crippen molar-refractivity contribution in [2.45, 2.75) is 39.8 Å². The number of nitrogens with zero attached hydrogens (tertiary/aromatic N) is 3. The van der Waals surface area contributed by atoms with Crippen LogP contribution in [-0.2, 0) is 4.74 Å². The fourth-order valence-corrected chi connectivity index (χ4v) is 4.93.